The van der Waals surface area contributed by atoms with Crippen LogP contribution in [0.25, 0.3) is 11.1 Å². The summed E-state index contributed by atoms with van der Waals surface area (Å²) in [6.45, 7) is 6.10. The van der Waals surface area contributed by atoms with Crippen LogP contribution in [0.5, 0.6) is 5.75 Å². The van der Waals surface area contributed by atoms with Gasteiger partial charge in [0.15, 0.2) is 0 Å². The molecule has 0 atom stereocenters. The molecule has 0 aromatic heterocycles. The van der Waals surface area contributed by atoms with Crippen molar-refractivity contribution in [2.24, 2.45) is 0 Å². The Bertz CT molecular complexity index is 736. The summed E-state index contributed by atoms with van der Waals surface area (Å²) in [6.07, 6.45) is 0.709. The van der Waals surface area contributed by atoms with Crippen molar-refractivity contribution in [3.63, 3.8) is 0 Å². The van der Waals surface area contributed by atoms with Crippen LogP contribution in [0, 0.1) is 0 Å². The second-order valence-corrected chi connectivity index (χ2v) is 7.85. The standard InChI is InChI=1S/C16H19ClO3S/c1-5-11-9-15(21(17,18)19)13-8-12(10(2)3)6-7-14(20-4)16(11)13/h6-10H,5H2,1-4H3. The van der Waals surface area contributed by atoms with Crippen LogP contribution in [0.2, 0.25) is 0 Å². The molecule has 0 aromatic rings. The monoisotopic (exact) mass is 326 g/mol. The summed E-state index contributed by atoms with van der Waals surface area (Å²) in [6, 6.07) is 7.41. The molecule has 0 heterocycles. The largest absolute Gasteiger partial charge is 0.496 e. The van der Waals surface area contributed by atoms with Crippen molar-refractivity contribution in [3.05, 3.63) is 35.4 Å². The molecular weight excluding hydrogens is 308 g/mol. The Balaban J connectivity index is 2.92. The lowest BCUT2D eigenvalue weighted by Crippen LogP contribution is -1.91. The molecule has 0 aromatic carbocycles. The van der Waals surface area contributed by atoms with Gasteiger partial charge in [-0.05, 0) is 41.7 Å². The quantitative estimate of drug-likeness (QED) is 0.781. The van der Waals surface area contributed by atoms with Gasteiger partial charge < -0.3 is 4.74 Å². The van der Waals surface area contributed by atoms with E-state index in [0.717, 1.165) is 16.7 Å². The number of hydrogen-bond acceptors (Lipinski definition) is 3. The molecule has 0 N–H and O–H groups in total. The fourth-order valence-electron chi connectivity index (χ4n) is 2.52. The Morgan fingerprint density at radius 2 is 1.90 bits per heavy atom. The topological polar surface area (TPSA) is 43.4 Å². The highest BCUT2D eigenvalue weighted by Crippen LogP contribution is 2.43. The zero-order chi connectivity index (χ0) is 15.8. The highest BCUT2D eigenvalue weighted by atomic mass is 35.7. The van der Waals surface area contributed by atoms with E-state index in [1.54, 1.807) is 13.2 Å². The lowest BCUT2D eigenvalue weighted by molar-refractivity contribution is 0.416. The molecule has 0 aliphatic heterocycles. The number of aryl methyl sites for hydroxylation is 1. The van der Waals surface area contributed by atoms with E-state index in [0.29, 0.717) is 17.7 Å². The average molecular weight is 327 g/mol. The molecule has 3 nitrogen and oxygen atoms in total. The molecule has 2 aliphatic rings. The number of hydrogen-bond donors (Lipinski definition) is 0. The molecule has 2 aliphatic carbocycles. The van der Waals surface area contributed by atoms with Crippen LogP contribution in [0.4, 0.5) is 0 Å². The smallest absolute Gasteiger partial charge is 0.261 e. The maximum absolute atomic E-state index is 11.9. The van der Waals surface area contributed by atoms with Crippen LogP contribution < -0.4 is 4.74 Å². The molecule has 0 unspecified atom stereocenters. The van der Waals surface area contributed by atoms with Crippen molar-refractivity contribution in [1.82, 2.24) is 0 Å². The van der Waals surface area contributed by atoms with E-state index in [4.69, 9.17) is 15.4 Å². The maximum atomic E-state index is 11.9. The zero-order valence-electron chi connectivity index (χ0n) is 12.6. The third-order valence-electron chi connectivity index (χ3n) is 3.68. The van der Waals surface area contributed by atoms with Crippen molar-refractivity contribution >= 4 is 19.7 Å². The number of methoxy groups -OCH3 is 1. The van der Waals surface area contributed by atoms with Gasteiger partial charge in [-0.15, -0.1) is 0 Å². The second kappa shape index (κ2) is 5.85. The van der Waals surface area contributed by atoms with Gasteiger partial charge in [0.2, 0.25) is 0 Å². The minimum Gasteiger partial charge on any atom is -0.496 e. The summed E-state index contributed by atoms with van der Waals surface area (Å²) in [5, 5.41) is 0. The Morgan fingerprint density at radius 3 is 2.38 bits per heavy atom. The summed E-state index contributed by atoms with van der Waals surface area (Å²) < 4.78 is 29.2. The van der Waals surface area contributed by atoms with Crippen molar-refractivity contribution in [3.8, 4) is 16.9 Å². The first-order valence-corrected chi connectivity index (χ1v) is 9.18. The summed E-state index contributed by atoms with van der Waals surface area (Å²) >= 11 is 0. The van der Waals surface area contributed by atoms with E-state index < -0.39 is 9.05 Å². The average Bonchev–Trinajstić information content (AvgIpc) is 2.65. The van der Waals surface area contributed by atoms with E-state index in [2.05, 4.69) is 13.8 Å². The lowest BCUT2D eigenvalue weighted by Gasteiger charge is -2.06. The summed E-state index contributed by atoms with van der Waals surface area (Å²) in [4.78, 5) is 0.160. The number of fused-ring (bicyclic) bond motifs is 1. The summed E-state index contributed by atoms with van der Waals surface area (Å²) in [5.74, 6) is 0.941. The summed E-state index contributed by atoms with van der Waals surface area (Å²) in [7, 11) is 3.40. The van der Waals surface area contributed by atoms with Gasteiger partial charge in [0.05, 0.1) is 12.0 Å². The SMILES string of the molecule is CCc1cc(S(=O)(=O)Cl)c2cc(C(C)C)ccc(OC)c1-2. The molecule has 0 saturated heterocycles. The van der Waals surface area contributed by atoms with Crippen molar-refractivity contribution < 1.29 is 13.2 Å². The van der Waals surface area contributed by atoms with E-state index in [1.165, 1.54) is 0 Å². The normalized spacial score (nSPS) is 12.1. The molecule has 0 bridgehead atoms. The number of ether oxygens (including phenoxy) is 1. The second-order valence-electron chi connectivity index (χ2n) is 5.31. The van der Waals surface area contributed by atoms with Crippen LogP contribution in [-0.2, 0) is 15.5 Å². The molecular formula is C16H19ClO3S. The first kappa shape index (κ1) is 16.1. The fourth-order valence-corrected chi connectivity index (χ4v) is 3.61. The fraction of sp³-hybridized carbons (Fsp3) is 0.375. The van der Waals surface area contributed by atoms with Gasteiger partial charge in [0.25, 0.3) is 9.05 Å². The van der Waals surface area contributed by atoms with Gasteiger partial charge in [0, 0.05) is 21.8 Å². The molecule has 0 fully saturated rings. The van der Waals surface area contributed by atoms with E-state index >= 15 is 0 Å². The Labute approximate surface area is 130 Å². The highest BCUT2D eigenvalue weighted by molar-refractivity contribution is 8.13. The first-order chi connectivity index (χ1) is 9.79. The Morgan fingerprint density at radius 1 is 1.24 bits per heavy atom. The van der Waals surface area contributed by atoms with Crippen molar-refractivity contribution in [1.29, 1.82) is 0 Å². The highest BCUT2D eigenvalue weighted by Gasteiger charge is 2.25. The molecule has 0 amide bonds. The van der Waals surface area contributed by atoms with Gasteiger partial charge in [-0.2, -0.15) is 0 Å². The van der Waals surface area contributed by atoms with Gasteiger partial charge in [-0.1, -0.05) is 26.8 Å². The van der Waals surface area contributed by atoms with Gasteiger partial charge >= 0.3 is 0 Å². The number of rotatable bonds is 4. The van der Waals surface area contributed by atoms with Crippen LogP contribution in [-0.4, -0.2) is 15.5 Å². The molecule has 5 heteroatoms. The Kier molecular flexibility index (Phi) is 4.49. The van der Waals surface area contributed by atoms with Crippen molar-refractivity contribution in [2.75, 3.05) is 7.11 Å². The van der Waals surface area contributed by atoms with Crippen LogP contribution in [0.3, 0.4) is 0 Å². The maximum Gasteiger partial charge on any atom is 0.261 e. The third-order valence-corrected chi connectivity index (χ3v) is 5.04. The first-order valence-electron chi connectivity index (χ1n) is 6.87. The predicted octanol–water partition coefficient (Wildman–Crippen LogP) is 4.41. The van der Waals surface area contributed by atoms with Crippen molar-refractivity contribution in [2.45, 2.75) is 38.0 Å². The molecule has 0 radical (unpaired) electrons. The lowest BCUT2D eigenvalue weighted by atomic mass is 10.0. The molecule has 0 saturated carbocycles. The predicted molar refractivity (Wildman–Crippen MR) is 86.1 cm³/mol. The van der Waals surface area contributed by atoms with Crippen LogP contribution >= 0.6 is 10.7 Å². The van der Waals surface area contributed by atoms with Gasteiger partial charge in [0.1, 0.15) is 5.75 Å². The van der Waals surface area contributed by atoms with E-state index in [-0.39, 0.29) is 10.8 Å². The molecule has 0 spiro atoms. The minimum absolute atomic E-state index is 0.160. The van der Waals surface area contributed by atoms with Crippen LogP contribution in [0.1, 0.15) is 37.8 Å². The molecule has 114 valence electrons. The molecule has 2 rings (SSSR count). The minimum atomic E-state index is -3.80. The molecule has 21 heavy (non-hydrogen) atoms. The number of halogens is 1. The Hall–Kier alpha value is -1.26. The van der Waals surface area contributed by atoms with Gasteiger partial charge in [-0.3, -0.25) is 0 Å². The zero-order valence-corrected chi connectivity index (χ0v) is 14.2. The van der Waals surface area contributed by atoms with Crippen LogP contribution in [0.15, 0.2) is 29.2 Å². The van der Waals surface area contributed by atoms with Gasteiger partial charge in [-0.25, -0.2) is 8.42 Å². The van der Waals surface area contributed by atoms with E-state index in [9.17, 15) is 8.42 Å². The van der Waals surface area contributed by atoms with E-state index in [1.807, 2.05) is 25.1 Å². The summed E-state index contributed by atoms with van der Waals surface area (Å²) in [5.41, 5.74) is 3.42. The third kappa shape index (κ3) is 3.01.